The molecule has 0 bridgehead atoms. The molecule has 0 saturated carbocycles. The van der Waals surface area contributed by atoms with Crippen molar-refractivity contribution in [1.29, 1.82) is 0 Å². The molecule has 2 aliphatic heterocycles. The van der Waals surface area contributed by atoms with Crippen LogP contribution in [0.3, 0.4) is 0 Å². The molecule has 1 aromatic heterocycles. The minimum Gasteiger partial charge on any atom is -0.336 e. The second-order valence-electron chi connectivity index (χ2n) is 9.67. The summed E-state index contributed by atoms with van der Waals surface area (Å²) in [6.45, 7) is 13.8. The Morgan fingerprint density at radius 2 is 1.80 bits per heavy atom. The van der Waals surface area contributed by atoms with Crippen LogP contribution in [0.15, 0.2) is 12.0 Å². The summed E-state index contributed by atoms with van der Waals surface area (Å²) < 4.78 is 2.08. The summed E-state index contributed by atoms with van der Waals surface area (Å²) in [5, 5.41) is 5.52. The minimum atomic E-state index is -0.525. The number of amides is 5. The van der Waals surface area contributed by atoms with Crippen molar-refractivity contribution in [3.63, 3.8) is 0 Å². The summed E-state index contributed by atoms with van der Waals surface area (Å²) in [6, 6.07) is 0.132. The number of imide groups is 1. The van der Waals surface area contributed by atoms with Gasteiger partial charge in [0.25, 0.3) is 5.91 Å². The molecule has 35 heavy (non-hydrogen) atoms. The van der Waals surface area contributed by atoms with E-state index in [2.05, 4.69) is 38.9 Å². The molecular weight excluding hydrogens is 450 g/mol. The van der Waals surface area contributed by atoms with Crippen LogP contribution in [-0.2, 0) is 20.9 Å². The molecule has 1 aromatic rings. The number of carbonyl (C=O) groups is 4. The summed E-state index contributed by atoms with van der Waals surface area (Å²) >= 11 is 0. The van der Waals surface area contributed by atoms with E-state index in [1.165, 1.54) is 6.92 Å². The highest BCUT2D eigenvalue weighted by Gasteiger charge is 2.31. The SMILES string of the molecule is CC(=O)N1CC(=O)N/C(=C\c2ncn(CCCN3CCN(C(=O)NC(C)C)CC3)c2C(C)C)C1=O. The third kappa shape index (κ3) is 6.68. The van der Waals surface area contributed by atoms with Gasteiger partial charge in [-0.2, -0.15) is 0 Å². The van der Waals surface area contributed by atoms with Gasteiger partial charge in [0, 0.05) is 51.4 Å². The predicted molar refractivity (Wildman–Crippen MR) is 131 cm³/mol. The van der Waals surface area contributed by atoms with Crippen LogP contribution in [-0.4, -0.2) is 93.3 Å². The lowest BCUT2D eigenvalue weighted by Crippen LogP contribution is -2.52. The fourth-order valence-corrected chi connectivity index (χ4v) is 4.39. The Morgan fingerprint density at radius 3 is 2.40 bits per heavy atom. The highest BCUT2D eigenvalue weighted by molar-refractivity contribution is 6.12. The maximum Gasteiger partial charge on any atom is 0.317 e. The van der Waals surface area contributed by atoms with E-state index < -0.39 is 17.7 Å². The molecule has 2 saturated heterocycles. The molecule has 11 nitrogen and oxygen atoms in total. The van der Waals surface area contributed by atoms with Gasteiger partial charge < -0.3 is 20.1 Å². The van der Waals surface area contributed by atoms with Crippen molar-refractivity contribution in [3.8, 4) is 0 Å². The van der Waals surface area contributed by atoms with Crippen LogP contribution < -0.4 is 10.6 Å². The van der Waals surface area contributed by atoms with Crippen molar-refractivity contribution in [2.45, 2.75) is 59.5 Å². The number of aryl methyl sites for hydroxylation is 1. The summed E-state index contributed by atoms with van der Waals surface area (Å²) in [7, 11) is 0. The zero-order valence-corrected chi connectivity index (χ0v) is 21.3. The molecule has 0 aromatic carbocycles. The van der Waals surface area contributed by atoms with Crippen LogP contribution in [0.25, 0.3) is 6.08 Å². The summed E-state index contributed by atoms with van der Waals surface area (Å²) in [5.41, 5.74) is 1.64. The van der Waals surface area contributed by atoms with Gasteiger partial charge >= 0.3 is 6.03 Å². The predicted octanol–water partition coefficient (Wildman–Crippen LogP) is 0.978. The first kappa shape index (κ1) is 26.4. The number of aromatic nitrogens is 2. The van der Waals surface area contributed by atoms with Crippen LogP contribution in [0.1, 0.15) is 58.3 Å². The molecular formula is C24H37N7O4. The maximum absolute atomic E-state index is 12.6. The number of carbonyl (C=O) groups excluding carboxylic acids is 4. The summed E-state index contributed by atoms with van der Waals surface area (Å²) in [4.78, 5) is 58.2. The lowest BCUT2D eigenvalue weighted by atomic mass is 10.1. The summed E-state index contributed by atoms with van der Waals surface area (Å²) in [6.07, 6.45) is 4.23. The van der Waals surface area contributed by atoms with Crippen molar-refractivity contribution < 1.29 is 19.2 Å². The van der Waals surface area contributed by atoms with Crippen molar-refractivity contribution in [3.05, 3.63) is 23.4 Å². The molecule has 2 fully saturated rings. The first-order chi connectivity index (χ1) is 16.6. The lowest BCUT2D eigenvalue weighted by Gasteiger charge is -2.35. The molecule has 0 aliphatic carbocycles. The standard InChI is InChI=1S/C24H37N7O4/c1-16(2)22-19(13-20-23(34)31(18(5)32)14-21(33)27-20)25-15-30(22)8-6-7-28-9-11-29(12-10-28)24(35)26-17(3)4/h13,15-17H,6-12,14H2,1-5H3,(H,26,35)(H,27,33)/b20-13-. The van der Waals surface area contributed by atoms with E-state index in [-0.39, 0.29) is 30.2 Å². The molecule has 2 aliphatic rings. The molecule has 192 valence electrons. The van der Waals surface area contributed by atoms with Gasteiger partial charge in [0.1, 0.15) is 12.2 Å². The van der Waals surface area contributed by atoms with Crippen LogP contribution in [0.2, 0.25) is 0 Å². The topological polar surface area (TPSA) is 120 Å². The van der Waals surface area contributed by atoms with Crippen LogP contribution in [0.5, 0.6) is 0 Å². The molecule has 5 amide bonds. The van der Waals surface area contributed by atoms with Gasteiger partial charge in [0.05, 0.1) is 12.0 Å². The fourth-order valence-electron chi connectivity index (χ4n) is 4.39. The molecule has 3 heterocycles. The van der Waals surface area contributed by atoms with Crippen molar-refractivity contribution in [1.82, 2.24) is 34.9 Å². The number of piperazine rings is 2. The monoisotopic (exact) mass is 487 g/mol. The molecule has 0 unspecified atom stereocenters. The maximum atomic E-state index is 12.6. The van der Waals surface area contributed by atoms with E-state index in [4.69, 9.17) is 0 Å². The zero-order chi connectivity index (χ0) is 25.7. The Morgan fingerprint density at radius 1 is 1.11 bits per heavy atom. The van der Waals surface area contributed by atoms with E-state index >= 15 is 0 Å². The third-order valence-corrected chi connectivity index (χ3v) is 6.11. The highest BCUT2D eigenvalue weighted by Crippen LogP contribution is 2.22. The Bertz CT molecular complexity index is 990. The number of nitrogens with zero attached hydrogens (tertiary/aromatic N) is 5. The van der Waals surface area contributed by atoms with Gasteiger partial charge in [-0.05, 0) is 38.8 Å². The Kier molecular flexibility index (Phi) is 8.66. The van der Waals surface area contributed by atoms with Crippen molar-refractivity contribution in [2.75, 3.05) is 39.3 Å². The molecule has 0 atom stereocenters. The van der Waals surface area contributed by atoms with Gasteiger partial charge in [-0.15, -0.1) is 0 Å². The average molecular weight is 488 g/mol. The summed E-state index contributed by atoms with van der Waals surface area (Å²) in [5.74, 6) is -1.25. The van der Waals surface area contributed by atoms with E-state index in [0.29, 0.717) is 5.69 Å². The zero-order valence-electron chi connectivity index (χ0n) is 21.3. The Hall–Kier alpha value is -3.21. The van der Waals surface area contributed by atoms with Crippen molar-refractivity contribution >= 4 is 29.8 Å². The Labute approximate surface area is 206 Å². The molecule has 0 radical (unpaired) electrons. The van der Waals surface area contributed by atoms with Gasteiger partial charge in [0.2, 0.25) is 11.8 Å². The smallest absolute Gasteiger partial charge is 0.317 e. The highest BCUT2D eigenvalue weighted by atomic mass is 16.2. The fraction of sp³-hybridized carbons (Fsp3) is 0.625. The molecule has 2 N–H and O–H groups in total. The van der Waals surface area contributed by atoms with E-state index in [9.17, 15) is 19.2 Å². The minimum absolute atomic E-state index is 0.000325. The van der Waals surface area contributed by atoms with Gasteiger partial charge in [-0.25, -0.2) is 9.78 Å². The Balaban J connectivity index is 1.60. The van der Waals surface area contributed by atoms with Gasteiger partial charge in [0.15, 0.2) is 0 Å². The van der Waals surface area contributed by atoms with Crippen LogP contribution in [0.4, 0.5) is 4.79 Å². The van der Waals surface area contributed by atoms with Gasteiger partial charge in [-0.3, -0.25) is 24.2 Å². The second kappa shape index (κ2) is 11.5. The second-order valence-corrected chi connectivity index (χ2v) is 9.67. The van der Waals surface area contributed by atoms with Crippen molar-refractivity contribution in [2.24, 2.45) is 0 Å². The largest absolute Gasteiger partial charge is 0.336 e. The third-order valence-electron chi connectivity index (χ3n) is 6.11. The molecule has 11 heteroatoms. The quantitative estimate of drug-likeness (QED) is 0.554. The number of hydrogen-bond acceptors (Lipinski definition) is 6. The number of imidazole rings is 1. The van der Waals surface area contributed by atoms with E-state index in [1.807, 2.05) is 18.7 Å². The normalized spacial score (nSPS) is 18.5. The average Bonchev–Trinajstić information content (AvgIpc) is 3.18. The van der Waals surface area contributed by atoms with Crippen LogP contribution in [0, 0.1) is 0 Å². The van der Waals surface area contributed by atoms with E-state index in [0.717, 1.165) is 56.3 Å². The lowest BCUT2D eigenvalue weighted by molar-refractivity contribution is -0.147. The number of rotatable bonds is 7. The molecule has 3 rings (SSSR count). The van der Waals surface area contributed by atoms with Gasteiger partial charge in [-0.1, -0.05) is 13.8 Å². The first-order valence-corrected chi connectivity index (χ1v) is 12.2. The molecule has 0 spiro atoms. The van der Waals surface area contributed by atoms with Crippen LogP contribution >= 0.6 is 0 Å². The first-order valence-electron chi connectivity index (χ1n) is 12.2. The van der Waals surface area contributed by atoms with E-state index in [1.54, 1.807) is 12.4 Å². The number of urea groups is 1. The number of hydrogen-bond donors (Lipinski definition) is 2. The number of nitrogens with one attached hydrogen (secondary N) is 2.